The lowest BCUT2D eigenvalue weighted by molar-refractivity contribution is 0.102. The molecule has 23 heavy (non-hydrogen) atoms. The summed E-state index contributed by atoms with van der Waals surface area (Å²) in [7, 11) is 0. The maximum atomic E-state index is 13.7. The largest absolute Gasteiger partial charge is 0.306 e. The zero-order valence-corrected chi connectivity index (χ0v) is 13.7. The molecule has 0 bridgehead atoms. The Kier molecular flexibility index (Phi) is 4.20. The van der Waals surface area contributed by atoms with E-state index >= 15 is 0 Å². The number of rotatable bonds is 3. The molecule has 1 amide bonds. The van der Waals surface area contributed by atoms with Crippen LogP contribution in [0.1, 0.15) is 16.1 Å². The summed E-state index contributed by atoms with van der Waals surface area (Å²) in [5, 5.41) is 6.72. The van der Waals surface area contributed by atoms with Crippen molar-refractivity contribution in [2.45, 2.75) is 6.92 Å². The van der Waals surface area contributed by atoms with E-state index in [2.05, 4.69) is 31.3 Å². The lowest BCUT2D eigenvalue weighted by atomic mass is 10.3. The van der Waals surface area contributed by atoms with Crippen molar-refractivity contribution in [3.05, 3.63) is 70.3 Å². The highest BCUT2D eigenvalue weighted by atomic mass is 79.9. The second-order valence-electron chi connectivity index (χ2n) is 4.84. The summed E-state index contributed by atoms with van der Waals surface area (Å²) in [5.74, 6) is -0.330. The highest BCUT2D eigenvalue weighted by molar-refractivity contribution is 9.10. The van der Waals surface area contributed by atoms with Crippen molar-refractivity contribution in [3.63, 3.8) is 0 Å². The Morgan fingerprint density at radius 3 is 2.78 bits per heavy atom. The van der Waals surface area contributed by atoms with Crippen molar-refractivity contribution in [2.75, 3.05) is 5.32 Å². The number of anilines is 1. The third kappa shape index (κ3) is 3.29. The Morgan fingerprint density at radius 1 is 1.26 bits per heavy atom. The molecular formula is C16H12BrFN4O. The lowest BCUT2D eigenvalue weighted by Gasteiger charge is -2.05. The van der Waals surface area contributed by atoms with Crippen LogP contribution in [0, 0.1) is 12.7 Å². The van der Waals surface area contributed by atoms with Crippen molar-refractivity contribution in [1.82, 2.24) is 14.8 Å². The minimum absolute atomic E-state index is 0.282. The van der Waals surface area contributed by atoms with Gasteiger partial charge in [-0.3, -0.25) is 4.79 Å². The molecule has 0 fully saturated rings. The minimum Gasteiger partial charge on any atom is -0.306 e. The first-order valence-corrected chi connectivity index (χ1v) is 7.58. The fourth-order valence-corrected chi connectivity index (χ4v) is 2.23. The SMILES string of the molecule is Cc1nc(NC(=O)c2cnn(-c3ccccc3F)c2)ccc1Br. The van der Waals surface area contributed by atoms with Crippen LogP contribution in [0.4, 0.5) is 10.2 Å². The first kappa shape index (κ1) is 15.4. The molecule has 0 radical (unpaired) electrons. The normalized spacial score (nSPS) is 10.6. The predicted octanol–water partition coefficient (Wildman–Crippen LogP) is 3.73. The molecule has 7 heteroatoms. The second-order valence-corrected chi connectivity index (χ2v) is 5.70. The number of carbonyl (C=O) groups excluding carboxylic acids is 1. The fraction of sp³-hybridized carbons (Fsp3) is 0.0625. The molecule has 2 aromatic heterocycles. The minimum atomic E-state index is -0.409. The number of nitrogens with zero attached hydrogens (tertiary/aromatic N) is 3. The number of benzene rings is 1. The number of pyridine rings is 1. The van der Waals surface area contributed by atoms with Crippen LogP contribution in [0.3, 0.4) is 0 Å². The van der Waals surface area contributed by atoms with E-state index in [0.717, 1.165) is 10.2 Å². The van der Waals surface area contributed by atoms with E-state index < -0.39 is 5.82 Å². The Hall–Kier alpha value is -2.54. The van der Waals surface area contributed by atoms with Crippen molar-refractivity contribution in [2.24, 2.45) is 0 Å². The van der Waals surface area contributed by atoms with Crippen LogP contribution in [-0.2, 0) is 0 Å². The molecule has 0 spiro atoms. The van der Waals surface area contributed by atoms with Crippen molar-refractivity contribution in [3.8, 4) is 5.69 Å². The summed E-state index contributed by atoms with van der Waals surface area (Å²) >= 11 is 3.35. The first-order chi connectivity index (χ1) is 11.0. The molecule has 3 aromatic rings. The molecule has 0 saturated heterocycles. The van der Waals surface area contributed by atoms with E-state index in [-0.39, 0.29) is 11.6 Å². The van der Waals surface area contributed by atoms with Gasteiger partial charge in [-0.1, -0.05) is 12.1 Å². The van der Waals surface area contributed by atoms with E-state index in [0.29, 0.717) is 11.4 Å². The molecule has 0 aliphatic carbocycles. The summed E-state index contributed by atoms with van der Waals surface area (Å²) in [6.07, 6.45) is 2.85. The predicted molar refractivity (Wildman–Crippen MR) is 88.1 cm³/mol. The van der Waals surface area contributed by atoms with E-state index in [4.69, 9.17) is 0 Å². The second kappa shape index (κ2) is 6.29. The van der Waals surface area contributed by atoms with Crippen molar-refractivity contribution in [1.29, 1.82) is 0 Å². The number of halogens is 2. The van der Waals surface area contributed by atoms with Gasteiger partial charge in [0.1, 0.15) is 17.3 Å². The number of amides is 1. The summed E-state index contributed by atoms with van der Waals surface area (Å²) in [4.78, 5) is 16.5. The number of aryl methyl sites for hydroxylation is 1. The van der Waals surface area contributed by atoms with Crippen LogP contribution >= 0.6 is 15.9 Å². The van der Waals surface area contributed by atoms with E-state index in [1.54, 1.807) is 30.3 Å². The van der Waals surface area contributed by atoms with E-state index in [9.17, 15) is 9.18 Å². The van der Waals surface area contributed by atoms with E-state index in [1.807, 2.05) is 6.92 Å². The smallest absolute Gasteiger partial charge is 0.260 e. The third-order valence-electron chi connectivity index (χ3n) is 3.21. The summed E-state index contributed by atoms with van der Waals surface area (Å²) in [6, 6.07) is 9.72. The molecule has 5 nitrogen and oxygen atoms in total. The number of para-hydroxylation sites is 1. The molecule has 0 atom stereocenters. The molecule has 0 saturated carbocycles. The Balaban J connectivity index is 1.81. The van der Waals surface area contributed by atoms with Gasteiger partial charge < -0.3 is 5.32 Å². The zero-order valence-electron chi connectivity index (χ0n) is 12.1. The van der Waals surface area contributed by atoms with Gasteiger partial charge in [0.05, 0.1) is 17.5 Å². The molecule has 0 aliphatic heterocycles. The molecule has 0 unspecified atom stereocenters. The molecule has 3 rings (SSSR count). The fourth-order valence-electron chi connectivity index (χ4n) is 2.01. The Bertz CT molecular complexity index is 878. The van der Waals surface area contributed by atoms with Gasteiger partial charge >= 0.3 is 0 Å². The number of carbonyl (C=O) groups is 1. The van der Waals surface area contributed by atoms with Crippen LogP contribution < -0.4 is 5.32 Å². The molecule has 2 heterocycles. The lowest BCUT2D eigenvalue weighted by Crippen LogP contribution is -2.12. The van der Waals surface area contributed by atoms with Crippen molar-refractivity contribution < 1.29 is 9.18 Å². The molecule has 1 N–H and O–H groups in total. The molecule has 0 aliphatic rings. The summed E-state index contributed by atoms with van der Waals surface area (Å²) in [6.45, 7) is 1.83. The highest BCUT2D eigenvalue weighted by Gasteiger charge is 2.12. The molecule has 1 aromatic carbocycles. The van der Waals surface area contributed by atoms with Crippen LogP contribution in [-0.4, -0.2) is 20.7 Å². The van der Waals surface area contributed by atoms with Crippen LogP contribution in [0.2, 0.25) is 0 Å². The molecule has 116 valence electrons. The zero-order chi connectivity index (χ0) is 16.4. The van der Waals surface area contributed by atoms with Gasteiger partial charge in [-0.2, -0.15) is 5.10 Å². The standard InChI is InChI=1S/C16H12BrFN4O/c1-10-12(17)6-7-15(20-10)21-16(23)11-8-19-22(9-11)14-5-3-2-4-13(14)18/h2-9H,1H3,(H,20,21,23). The number of hydrogen-bond acceptors (Lipinski definition) is 3. The quantitative estimate of drug-likeness (QED) is 0.759. The summed E-state index contributed by atoms with van der Waals surface area (Å²) in [5.41, 5.74) is 1.37. The monoisotopic (exact) mass is 374 g/mol. The first-order valence-electron chi connectivity index (χ1n) is 6.78. The molecular weight excluding hydrogens is 363 g/mol. The van der Waals surface area contributed by atoms with Crippen molar-refractivity contribution >= 4 is 27.7 Å². The maximum absolute atomic E-state index is 13.7. The van der Waals surface area contributed by atoms with Gasteiger partial charge in [-0.05, 0) is 47.1 Å². The average Bonchev–Trinajstić information content (AvgIpc) is 3.01. The van der Waals surface area contributed by atoms with Gasteiger partial charge in [0.25, 0.3) is 5.91 Å². The van der Waals surface area contributed by atoms with Crippen LogP contribution in [0.15, 0.2) is 53.3 Å². The number of nitrogens with one attached hydrogen (secondary N) is 1. The van der Waals surface area contributed by atoms with Gasteiger partial charge in [0.2, 0.25) is 0 Å². The third-order valence-corrected chi connectivity index (χ3v) is 4.05. The highest BCUT2D eigenvalue weighted by Crippen LogP contribution is 2.17. The van der Waals surface area contributed by atoms with Crippen LogP contribution in [0.25, 0.3) is 5.69 Å². The Morgan fingerprint density at radius 2 is 2.04 bits per heavy atom. The van der Waals surface area contributed by atoms with E-state index in [1.165, 1.54) is 23.1 Å². The van der Waals surface area contributed by atoms with Crippen LogP contribution in [0.5, 0.6) is 0 Å². The van der Waals surface area contributed by atoms with Gasteiger partial charge in [0, 0.05) is 10.7 Å². The number of hydrogen-bond donors (Lipinski definition) is 1. The topological polar surface area (TPSA) is 59.8 Å². The average molecular weight is 375 g/mol. The van der Waals surface area contributed by atoms with Gasteiger partial charge in [-0.25, -0.2) is 14.1 Å². The van der Waals surface area contributed by atoms with Gasteiger partial charge in [-0.15, -0.1) is 0 Å². The number of aromatic nitrogens is 3. The summed E-state index contributed by atoms with van der Waals surface area (Å²) < 4.78 is 15.9. The Labute approximate surface area is 140 Å². The maximum Gasteiger partial charge on any atom is 0.260 e. The van der Waals surface area contributed by atoms with Gasteiger partial charge in [0.15, 0.2) is 0 Å².